The number of Topliss-reactive ketones (excluding diaryl/α,β-unsaturated/α-hetero) is 1. The van der Waals surface area contributed by atoms with Gasteiger partial charge in [0.15, 0.2) is 5.78 Å². The zero-order valence-corrected chi connectivity index (χ0v) is 8.64. The molecule has 0 spiro atoms. The van der Waals surface area contributed by atoms with Crippen molar-refractivity contribution in [2.24, 2.45) is 0 Å². The van der Waals surface area contributed by atoms with E-state index in [4.69, 9.17) is 0 Å². The normalized spacial score (nSPS) is 10.2. The molecule has 76 valence electrons. The standard InChI is InChI=1S/C12H15FO/c1-3-4-8-11(14)12-9(2)6-5-7-10(12)13/h5-7H,3-4,8H2,1-2H3. The predicted molar refractivity (Wildman–Crippen MR) is 55.0 cm³/mol. The number of carbonyl (C=O) groups excluding carboxylic acids is 1. The molecule has 0 unspecified atom stereocenters. The van der Waals surface area contributed by atoms with Crippen LogP contribution in [-0.4, -0.2) is 5.78 Å². The lowest BCUT2D eigenvalue weighted by molar-refractivity contribution is 0.0975. The van der Waals surface area contributed by atoms with Gasteiger partial charge >= 0.3 is 0 Å². The summed E-state index contributed by atoms with van der Waals surface area (Å²) < 4.78 is 13.3. The molecule has 0 saturated heterocycles. The first-order chi connectivity index (χ1) is 6.66. The predicted octanol–water partition coefficient (Wildman–Crippen LogP) is 3.51. The number of benzene rings is 1. The van der Waals surface area contributed by atoms with Gasteiger partial charge in [-0.1, -0.05) is 25.5 Å². The average Bonchev–Trinajstić information content (AvgIpc) is 2.14. The fraction of sp³-hybridized carbons (Fsp3) is 0.417. The van der Waals surface area contributed by atoms with Gasteiger partial charge < -0.3 is 0 Å². The van der Waals surface area contributed by atoms with Gasteiger partial charge in [0.1, 0.15) is 5.82 Å². The third kappa shape index (κ3) is 2.41. The molecule has 0 aliphatic carbocycles. The highest BCUT2D eigenvalue weighted by atomic mass is 19.1. The van der Waals surface area contributed by atoms with Crippen LogP contribution in [0.4, 0.5) is 4.39 Å². The molecular formula is C12H15FO. The molecule has 0 aliphatic rings. The van der Waals surface area contributed by atoms with Gasteiger partial charge in [-0.05, 0) is 25.0 Å². The Bertz CT molecular complexity index is 311. The summed E-state index contributed by atoms with van der Waals surface area (Å²) in [5.74, 6) is -0.478. The summed E-state index contributed by atoms with van der Waals surface area (Å²) in [7, 11) is 0. The van der Waals surface area contributed by atoms with Crippen LogP contribution in [0, 0.1) is 12.7 Å². The third-order valence-corrected chi connectivity index (χ3v) is 2.26. The monoisotopic (exact) mass is 194 g/mol. The summed E-state index contributed by atoms with van der Waals surface area (Å²) >= 11 is 0. The Balaban J connectivity index is 2.89. The zero-order chi connectivity index (χ0) is 10.6. The summed E-state index contributed by atoms with van der Waals surface area (Å²) in [5, 5.41) is 0. The van der Waals surface area contributed by atoms with Crippen molar-refractivity contribution >= 4 is 5.78 Å². The van der Waals surface area contributed by atoms with Crippen LogP contribution in [-0.2, 0) is 0 Å². The van der Waals surface area contributed by atoms with Crippen LogP contribution in [0.1, 0.15) is 42.1 Å². The summed E-state index contributed by atoms with van der Waals surface area (Å²) in [4.78, 5) is 11.6. The van der Waals surface area contributed by atoms with Gasteiger partial charge in [-0.25, -0.2) is 4.39 Å². The number of halogens is 1. The van der Waals surface area contributed by atoms with E-state index in [2.05, 4.69) is 0 Å². The fourth-order valence-electron chi connectivity index (χ4n) is 1.45. The van der Waals surface area contributed by atoms with Crippen molar-refractivity contribution in [1.29, 1.82) is 0 Å². The van der Waals surface area contributed by atoms with E-state index in [9.17, 15) is 9.18 Å². The smallest absolute Gasteiger partial charge is 0.166 e. The molecule has 1 aromatic carbocycles. The number of rotatable bonds is 4. The van der Waals surface area contributed by atoms with Gasteiger partial charge in [-0.15, -0.1) is 0 Å². The van der Waals surface area contributed by atoms with Crippen molar-refractivity contribution in [1.82, 2.24) is 0 Å². The van der Waals surface area contributed by atoms with E-state index in [1.54, 1.807) is 19.1 Å². The highest BCUT2D eigenvalue weighted by Crippen LogP contribution is 2.15. The van der Waals surface area contributed by atoms with Gasteiger partial charge in [0.05, 0.1) is 5.56 Å². The average molecular weight is 194 g/mol. The van der Waals surface area contributed by atoms with Gasteiger partial charge in [0.2, 0.25) is 0 Å². The van der Waals surface area contributed by atoms with Gasteiger partial charge in [-0.2, -0.15) is 0 Å². The number of hydrogen-bond acceptors (Lipinski definition) is 1. The molecule has 0 fully saturated rings. The fourth-order valence-corrected chi connectivity index (χ4v) is 1.45. The van der Waals surface area contributed by atoms with E-state index in [1.807, 2.05) is 6.92 Å². The first kappa shape index (κ1) is 10.9. The van der Waals surface area contributed by atoms with Crippen LogP contribution in [0.2, 0.25) is 0 Å². The highest BCUT2D eigenvalue weighted by Gasteiger charge is 2.12. The maximum Gasteiger partial charge on any atom is 0.166 e. The van der Waals surface area contributed by atoms with Gasteiger partial charge in [-0.3, -0.25) is 4.79 Å². The summed E-state index contributed by atoms with van der Waals surface area (Å²) in [6, 6.07) is 4.73. The van der Waals surface area contributed by atoms with Crippen molar-refractivity contribution in [3.05, 3.63) is 35.1 Å². The molecular weight excluding hydrogens is 179 g/mol. The van der Waals surface area contributed by atoms with Crippen LogP contribution in [0.3, 0.4) is 0 Å². The number of hydrogen-bond donors (Lipinski definition) is 0. The lowest BCUT2D eigenvalue weighted by Crippen LogP contribution is -2.04. The molecule has 0 aromatic heterocycles. The first-order valence-electron chi connectivity index (χ1n) is 4.95. The minimum absolute atomic E-state index is 0.0811. The van der Waals surface area contributed by atoms with E-state index >= 15 is 0 Å². The zero-order valence-electron chi connectivity index (χ0n) is 8.64. The number of unbranched alkanes of at least 4 members (excludes halogenated alkanes) is 1. The second-order valence-electron chi connectivity index (χ2n) is 3.46. The molecule has 14 heavy (non-hydrogen) atoms. The van der Waals surface area contributed by atoms with Crippen molar-refractivity contribution in [3.8, 4) is 0 Å². The molecule has 1 rings (SSSR count). The molecule has 0 radical (unpaired) electrons. The number of aryl methyl sites for hydroxylation is 1. The highest BCUT2D eigenvalue weighted by molar-refractivity contribution is 5.97. The molecule has 0 saturated carbocycles. The molecule has 0 N–H and O–H groups in total. The second-order valence-corrected chi connectivity index (χ2v) is 3.46. The lowest BCUT2D eigenvalue weighted by atomic mass is 10.0. The molecule has 0 atom stereocenters. The van der Waals surface area contributed by atoms with Crippen LogP contribution in [0.15, 0.2) is 18.2 Å². The van der Waals surface area contributed by atoms with Crippen LogP contribution in [0.25, 0.3) is 0 Å². The minimum atomic E-state index is -0.397. The van der Waals surface area contributed by atoms with Crippen LogP contribution >= 0.6 is 0 Å². The van der Waals surface area contributed by atoms with E-state index in [0.29, 0.717) is 6.42 Å². The van der Waals surface area contributed by atoms with E-state index in [0.717, 1.165) is 18.4 Å². The lowest BCUT2D eigenvalue weighted by Gasteiger charge is -2.05. The quantitative estimate of drug-likeness (QED) is 0.670. The topological polar surface area (TPSA) is 17.1 Å². The van der Waals surface area contributed by atoms with E-state index in [1.165, 1.54) is 6.07 Å². The van der Waals surface area contributed by atoms with E-state index < -0.39 is 5.82 Å². The van der Waals surface area contributed by atoms with Gasteiger partial charge in [0.25, 0.3) is 0 Å². The molecule has 1 aromatic rings. The second kappa shape index (κ2) is 4.89. The Kier molecular flexibility index (Phi) is 3.81. The molecule has 1 nitrogen and oxygen atoms in total. The van der Waals surface area contributed by atoms with Gasteiger partial charge in [0, 0.05) is 6.42 Å². The first-order valence-corrected chi connectivity index (χ1v) is 4.95. The third-order valence-electron chi connectivity index (χ3n) is 2.26. The van der Waals surface area contributed by atoms with Crippen molar-refractivity contribution < 1.29 is 9.18 Å². The summed E-state index contributed by atoms with van der Waals surface area (Å²) in [5.41, 5.74) is 0.993. The molecule has 2 heteroatoms. The Labute approximate surface area is 83.9 Å². The van der Waals surface area contributed by atoms with Crippen LogP contribution < -0.4 is 0 Å². The Morgan fingerprint density at radius 1 is 1.43 bits per heavy atom. The Morgan fingerprint density at radius 2 is 2.14 bits per heavy atom. The largest absolute Gasteiger partial charge is 0.294 e. The van der Waals surface area contributed by atoms with Crippen molar-refractivity contribution in [2.45, 2.75) is 33.1 Å². The Hall–Kier alpha value is -1.18. The summed E-state index contributed by atoms with van der Waals surface area (Å²) in [6.45, 7) is 3.78. The Morgan fingerprint density at radius 3 is 2.71 bits per heavy atom. The molecule has 0 aliphatic heterocycles. The van der Waals surface area contributed by atoms with E-state index in [-0.39, 0.29) is 11.3 Å². The molecule has 0 amide bonds. The van der Waals surface area contributed by atoms with Crippen molar-refractivity contribution in [3.63, 3.8) is 0 Å². The maximum atomic E-state index is 13.3. The summed E-state index contributed by atoms with van der Waals surface area (Å²) in [6.07, 6.45) is 2.23. The minimum Gasteiger partial charge on any atom is -0.294 e. The molecule has 0 heterocycles. The number of carbonyl (C=O) groups is 1. The maximum absolute atomic E-state index is 13.3. The molecule has 0 bridgehead atoms. The van der Waals surface area contributed by atoms with Crippen molar-refractivity contribution in [2.75, 3.05) is 0 Å². The SMILES string of the molecule is CCCCC(=O)c1c(C)cccc1F. The number of ketones is 1. The van der Waals surface area contributed by atoms with Crippen LogP contribution in [0.5, 0.6) is 0 Å².